The van der Waals surface area contributed by atoms with E-state index in [9.17, 15) is 9.59 Å². The normalized spacial score (nSPS) is 16.0. The van der Waals surface area contributed by atoms with E-state index in [1.807, 2.05) is 42.2 Å². The maximum Gasteiger partial charge on any atom is 0.342 e. The first kappa shape index (κ1) is 18.2. The number of likely N-dealkylation sites (tertiary alicyclic amines) is 1. The highest BCUT2D eigenvalue weighted by Gasteiger charge is 2.26. The summed E-state index contributed by atoms with van der Waals surface area (Å²) < 4.78 is 7.13. The predicted molar refractivity (Wildman–Crippen MR) is 98.2 cm³/mol. The molecule has 0 saturated carbocycles. The van der Waals surface area contributed by atoms with E-state index in [0.717, 1.165) is 44.5 Å². The molecule has 0 N–H and O–H groups in total. The van der Waals surface area contributed by atoms with Crippen LogP contribution in [0.3, 0.4) is 0 Å². The van der Waals surface area contributed by atoms with Gasteiger partial charge in [-0.25, -0.2) is 9.48 Å². The zero-order valence-corrected chi connectivity index (χ0v) is 15.4. The molecule has 1 saturated heterocycles. The summed E-state index contributed by atoms with van der Waals surface area (Å²) in [6.45, 7) is 4.94. The highest BCUT2D eigenvalue weighted by atomic mass is 16.5. The monoisotopic (exact) mass is 355 g/mol. The Morgan fingerprint density at radius 1 is 1.08 bits per heavy atom. The maximum atomic E-state index is 12.6. The molecule has 6 heteroatoms. The molecule has 0 bridgehead atoms. The van der Waals surface area contributed by atoms with Crippen molar-refractivity contribution in [3.63, 3.8) is 0 Å². The van der Waals surface area contributed by atoms with Crippen LogP contribution in [0.1, 0.15) is 48.7 Å². The van der Waals surface area contributed by atoms with Crippen molar-refractivity contribution in [3.8, 4) is 5.69 Å². The first-order chi connectivity index (χ1) is 12.6. The minimum absolute atomic E-state index is 0.117. The molecule has 2 aromatic rings. The van der Waals surface area contributed by atoms with Crippen molar-refractivity contribution in [2.75, 3.05) is 13.1 Å². The fourth-order valence-corrected chi connectivity index (χ4v) is 3.26. The summed E-state index contributed by atoms with van der Waals surface area (Å²) in [6.07, 6.45) is 5.02. The van der Waals surface area contributed by atoms with E-state index in [-0.39, 0.29) is 5.91 Å². The van der Waals surface area contributed by atoms with Gasteiger partial charge >= 0.3 is 5.97 Å². The van der Waals surface area contributed by atoms with Crippen molar-refractivity contribution in [3.05, 3.63) is 47.8 Å². The molecule has 0 spiro atoms. The van der Waals surface area contributed by atoms with Crippen LogP contribution in [0.5, 0.6) is 0 Å². The third-order valence-electron chi connectivity index (χ3n) is 4.78. The third-order valence-corrected chi connectivity index (χ3v) is 4.78. The average Bonchev–Trinajstić information content (AvgIpc) is 2.85. The van der Waals surface area contributed by atoms with Crippen LogP contribution in [0.4, 0.5) is 0 Å². The van der Waals surface area contributed by atoms with Gasteiger partial charge in [-0.2, -0.15) is 5.10 Å². The van der Waals surface area contributed by atoms with Gasteiger partial charge in [0.2, 0.25) is 0 Å². The number of para-hydroxylation sites is 1. The number of amides is 1. The predicted octanol–water partition coefficient (Wildman–Crippen LogP) is 3.13. The molecule has 0 radical (unpaired) electrons. The molecule has 1 atom stereocenters. The van der Waals surface area contributed by atoms with E-state index in [1.165, 1.54) is 6.20 Å². The molecule has 0 unspecified atom stereocenters. The lowest BCUT2D eigenvalue weighted by atomic mass is 10.2. The summed E-state index contributed by atoms with van der Waals surface area (Å²) in [4.78, 5) is 26.9. The summed E-state index contributed by atoms with van der Waals surface area (Å²) in [6, 6.07) is 9.58. The second-order valence-corrected chi connectivity index (χ2v) is 6.68. The van der Waals surface area contributed by atoms with Crippen molar-refractivity contribution in [1.82, 2.24) is 14.7 Å². The molecular weight excluding hydrogens is 330 g/mol. The summed E-state index contributed by atoms with van der Waals surface area (Å²) in [5.41, 5.74) is 1.94. The summed E-state index contributed by atoms with van der Waals surface area (Å²) in [7, 11) is 0. The van der Waals surface area contributed by atoms with Gasteiger partial charge in [-0.05, 0) is 38.8 Å². The van der Waals surface area contributed by atoms with Crippen LogP contribution in [-0.2, 0) is 9.53 Å². The molecule has 0 aliphatic carbocycles. The number of hydrogen-bond donors (Lipinski definition) is 0. The Balaban J connectivity index is 1.68. The van der Waals surface area contributed by atoms with E-state index < -0.39 is 12.1 Å². The Kier molecular flexibility index (Phi) is 5.71. The first-order valence-corrected chi connectivity index (χ1v) is 9.17. The number of nitrogens with zero attached hydrogens (tertiary/aromatic N) is 3. The first-order valence-electron chi connectivity index (χ1n) is 9.17. The Labute approximate surface area is 153 Å². The SMILES string of the molecule is Cc1c(C(=O)O[C@H](C)C(=O)N2CCCCCC2)cnn1-c1ccccc1. The van der Waals surface area contributed by atoms with E-state index in [0.29, 0.717) is 11.3 Å². The van der Waals surface area contributed by atoms with Crippen LogP contribution in [0, 0.1) is 6.92 Å². The topological polar surface area (TPSA) is 64.4 Å². The standard InChI is InChI=1S/C20H25N3O3/c1-15-18(14-21-23(15)17-10-6-5-7-11-17)20(25)26-16(2)19(24)22-12-8-3-4-9-13-22/h5-7,10-11,14,16H,3-4,8-9,12-13H2,1-2H3/t16-/m1/s1. The lowest BCUT2D eigenvalue weighted by Crippen LogP contribution is -2.40. The van der Waals surface area contributed by atoms with Crippen LogP contribution < -0.4 is 0 Å². The van der Waals surface area contributed by atoms with Gasteiger partial charge in [-0.1, -0.05) is 31.0 Å². The zero-order valence-electron chi connectivity index (χ0n) is 15.4. The number of benzene rings is 1. The van der Waals surface area contributed by atoms with Crippen LogP contribution >= 0.6 is 0 Å². The number of esters is 1. The summed E-state index contributed by atoms with van der Waals surface area (Å²) in [5, 5.41) is 4.28. The van der Waals surface area contributed by atoms with Crippen LogP contribution in [0.15, 0.2) is 36.5 Å². The van der Waals surface area contributed by atoms with Crippen molar-refractivity contribution in [2.24, 2.45) is 0 Å². The van der Waals surface area contributed by atoms with Gasteiger partial charge in [-0.15, -0.1) is 0 Å². The van der Waals surface area contributed by atoms with E-state index in [4.69, 9.17) is 4.74 Å². The minimum Gasteiger partial charge on any atom is -0.449 e. The van der Waals surface area contributed by atoms with E-state index >= 15 is 0 Å². The maximum absolute atomic E-state index is 12.6. The minimum atomic E-state index is -0.792. The van der Waals surface area contributed by atoms with Crippen LogP contribution in [-0.4, -0.2) is 45.8 Å². The lowest BCUT2D eigenvalue weighted by molar-refractivity contribution is -0.139. The summed E-state index contributed by atoms with van der Waals surface area (Å²) in [5.74, 6) is -0.631. The van der Waals surface area contributed by atoms with Gasteiger partial charge in [0.15, 0.2) is 6.10 Å². The number of aromatic nitrogens is 2. The van der Waals surface area contributed by atoms with Gasteiger partial charge < -0.3 is 9.64 Å². The van der Waals surface area contributed by atoms with Gasteiger partial charge in [0.1, 0.15) is 5.56 Å². The number of ether oxygens (including phenoxy) is 1. The number of carbonyl (C=O) groups excluding carboxylic acids is 2. The lowest BCUT2D eigenvalue weighted by Gasteiger charge is -2.23. The molecule has 6 nitrogen and oxygen atoms in total. The van der Waals surface area contributed by atoms with Gasteiger partial charge in [0.25, 0.3) is 5.91 Å². The third kappa shape index (κ3) is 3.95. The molecule has 3 rings (SSSR count). The highest BCUT2D eigenvalue weighted by Crippen LogP contribution is 2.17. The molecule has 2 heterocycles. The van der Waals surface area contributed by atoms with Crippen LogP contribution in [0.25, 0.3) is 5.69 Å². The Morgan fingerprint density at radius 2 is 1.73 bits per heavy atom. The molecule has 1 aromatic heterocycles. The Bertz CT molecular complexity index is 762. The van der Waals surface area contributed by atoms with Crippen molar-refractivity contribution >= 4 is 11.9 Å². The number of hydrogen-bond acceptors (Lipinski definition) is 4. The molecule has 138 valence electrons. The second kappa shape index (κ2) is 8.17. The molecule has 1 aromatic carbocycles. The fraction of sp³-hybridized carbons (Fsp3) is 0.450. The van der Waals surface area contributed by atoms with E-state index in [2.05, 4.69) is 5.10 Å². The van der Waals surface area contributed by atoms with Crippen molar-refractivity contribution in [2.45, 2.75) is 45.6 Å². The van der Waals surface area contributed by atoms with Gasteiger partial charge in [0.05, 0.1) is 17.6 Å². The zero-order chi connectivity index (χ0) is 18.5. The van der Waals surface area contributed by atoms with Gasteiger partial charge in [-0.3, -0.25) is 4.79 Å². The molecule has 1 aliphatic heterocycles. The second-order valence-electron chi connectivity index (χ2n) is 6.68. The smallest absolute Gasteiger partial charge is 0.342 e. The molecule has 1 aliphatic rings. The molecule has 1 fully saturated rings. The van der Waals surface area contributed by atoms with E-state index in [1.54, 1.807) is 11.6 Å². The Hall–Kier alpha value is -2.63. The number of carbonyl (C=O) groups is 2. The average molecular weight is 355 g/mol. The number of rotatable bonds is 4. The molecule has 1 amide bonds. The van der Waals surface area contributed by atoms with Crippen molar-refractivity contribution in [1.29, 1.82) is 0 Å². The molecular formula is C20H25N3O3. The quantitative estimate of drug-likeness (QED) is 0.791. The molecule has 26 heavy (non-hydrogen) atoms. The highest BCUT2D eigenvalue weighted by molar-refractivity contribution is 5.93. The van der Waals surface area contributed by atoms with Crippen LogP contribution in [0.2, 0.25) is 0 Å². The Morgan fingerprint density at radius 3 is 2.38 bits per heavy atom. The summed E-state index contributed by atoms with van der Waals surface area (Å²) >= 11 is 0. The van der Waals surface area contributed by atoms with Crippen molar-refractivity contribution < 1.29 is 14.3 Å². The fourth-order valence-electron chi connectivity index (χ4n) is 3.26. The van der Waals surface area contributed by atoms with Gasteiger partial charge in [0, 0.05) is 13.1 Å². The largest absolute Gasteiger partial charge is 0.449 e.